The lowest BCUT2D eigenvalue weighted by molar-refractivity contribution is 0.0240. The zero-order valence-electron chi connectivity index (χ0n) is 45.4. The van der Waals surface area contributed by atoms with Gasteiger partial charge in [-0.3, -0.25) is 10.2 Å². The van der Waals surface area contributed by atoms with Crippen LogP contribution in [-0.2, 0) is 36.8 Å². The first kappa shape index (κ1) is 53.5. The smallest absolute Gasteiger partial charge is 0.410 e. The molecule has 5 aromatic carbocycles. The lowest BCUT2D eigenvalue weighted by Gasteiger charge is -2.36. The van der Waals surface area contributed by atoms with Crippen LogP contribution in [-0.4, -0.2) is 127 Å². The number of piperazine rings is 2. The number of anilines is 2. The maximum atomic E-state index is 12.6. The average molecular weight is 1040 g/mol. The van der Waals surface area contributed by atoms with Gasteiger partial charge >= 0.3 is 6.09 Å². The van der Waals surface area contributed by atoms with E-state index in [9.17, 15) is 4.79 Å². The number of carbonyl (C=O) groups excluding carboxylic acids is 1. The predicted molar refractivity (Wildman–Crippen MR) is 304 cm³/mol. The minimum atomic E-state index is -0.515. The van der Waals surface area contributed by atoms with Crippen molar-refractivity contribution in [3.63, 3.8) is 0 Å². The number of benzene rings is 5. The Balaban J connectivity index is 0.000000161. The number of hydrogen-bond acceptors (Lipinski definition) is 14. The second-order valence-electron chi connectivity index (χ2n) is 20.3. The van der Waals surface area contributed by atoms with Crippen molar-refractivity contribution < 1.29 is 14.3 Å². The van der Waals surface area contributed by atoms with Crippen molar-refractivity contribution in [1.29, 1.82) is 0 Å². The number of amides is 1. The van der Waals surface area contributed by atoms with Gasteiger partial charge in [-0.2, -0.15) is 10.2 Å². The molecule has 11 rings (SSSR count). The fourth-order valence-electron chi connectivity index (χ4n) is 9.29. The topological polar surface area (TPSA) is 192 Å². The average Bonchev–Trinajstić information content (AvgIpc) is 4.06. The van der Waals surface area contributed by atoms with Crippen LogP contribution in [0.2, 0.25) is 0 Å². The summed E-state index contributed by atoms with van der Waals surface area (Å²) in [6, 6.07) is 41.1. The van der Waals surface area contributed by atoms with Gasteiger partial charge in [0.2, 0.25) is 0 Å². The van der Waals surface area contributed by atoms with Crippen LogP contribution in [0.25, 0.3) is 44.6 Å². The van der Waals surface area contributed by atoms with Crippen LogP contribution in [0.1, 0.15) is 67.2 Å². The molecule has 0 atom stereocenters. The number of aryl methyl sites for hydroxylation is 7. The largest absolute Gasteiger partial charge is 0.497 e. The van der Waals surface area contributed by atoms with E-state index in [-0.39, 0.29) is 6.09 Å². The van der Waals surface area contributed by atoms with E-state index in [4.69, 9.17) is 19.4 Å². The Bertz CT molecular complexity index is 3320. The van der Waals surface area contributed by atoms with E-state index < -0.39 is 5.60 Å². The third kappa shape index (κ3) is 14.0. The molecule has 4 aromatic heterocycles. The Morgan fingerprint density at radius 2 is 1.05 bits per heavy atom. The van der Waals surface area contributed by atoms with E-state index in [1.54, 1.807) is 12.0 Å². The number of carbonyl (C=O) groups is 1. The summed E-state index contributed by atoms with van der Waals surface area (Å²) in [7, 11) is 1.68. The molecule has 2 aliphatic rings. The molecule has 0 spiro atoms. The number of aromatic amines is 2. The number of nitrogens with one attached hydrogen (secondary N) is 3. The summed E-state index contributed by atoms with van der Waals surface area (Å²) in [5, 5.41) is 38.6. The molecule has 9 aromatic rings. The normalized spacial score (nSPS) is 13.7. The Labute approximate surface area is 450 Å². The van der Waals surface area contributed by atoms with Gasteiger partial charge in [0, 0.05) is 85.6 Å². The Hall–Kier alpha value is -8.31. The highest BCUT2D eigenvalue weighted by atomic mass is 16.6. The number of rotatable bonds is 12. The van der Waals surface area contributed by atoms with Gasteiger partial charge in [0.15, 0.2) is 23.3 Å². The van der Waals surface area contributed by atoms with Gasteiger partial charge in [-0.1, -0.05) is 79.7 Å². The summed E-state index contributed by atoms with van der Waals surface area (Å²) in [5.41, 5.74) is 11.0. The fourth-order valence-corrected chi connectivity index (χ4v) is 9.29. The SMILES string of the molecule is CCc1ccc(OC)cc1.Cc1[nH]nc2ccc(-c3nnc(CCc4ccccc4)c(N4CCN(C(=O)OC(C)(C)C)CC4)n3)cc12.Cc1[nH]nc2ccc(-c3nnc(CCc4ccccc4)c(N4CCNCC4)n3)cc12. The minimum Gasteiger partial charge on any atom is -0.497 e. The quantitative estimate of drug-likeness (QED) is 0.105. The third-order valence-corrected chi connectivity index (χ3v) is 13.7. The molecule has 2 fully saturated rings. The number of H-pyrrole nitrogens is 2. The summed E-state index contributed by atoms with van der Waals surface area (Å²) < 4.78 is 10.6. The van der Waals surface area contributed by atoms with Gasteiger partial charge in [-0.05, 0) is 132 Å². The van der Waals surface area contributed by atoms with Gasteiger partial charge in [-0.15, -0.1) is 20.4 Å². The van der Waals surface area contributed by atoms with Crippen molar-refractivity contribution in [3.8, 4) is 28.5 Å². The summed E-state index contributed by atoms with van der Waals surface area (Å²) in [6.07, 6.45) is 4.14. The van der Waals surface area contributed by atoms with Gasteiger partial charge < -0.3 is 29.5 Å². The molecule has 0 bridgehead atoms. The highest BCUT2D eigenvalue weighted by Crippen LogP contribution is 2.29. The standard InChI is InChI=1S/C28H33N7O2.C23H25N7.C9H12O/c1-19-22-18-21(11-13-23(22)31-30-19)25-29-26(24(32-33-25)12-10-20-8-6-5-7-9-20)34-14-16-35(17-15-34)27(36)37-28(2,3)4;1-16-19-15-18(8-10-20(19)27-26-16)22-25-23(30-13-11-24-12-14-30)21(28-29-22)9-7-17-5-3-2-4-6-17;1-3-8-4-6-9(10-2)7-5-8/h5-9,11,13,18H,10,12,14-17H2,1-4H3,(H,30,31);2-6,8,10,15,24H,7,9,11-14H2,1H3,(H,26,27);4-7H,3H2,1-2H3. The number of nitrogens with zero attached hydrogens (tertiary/aromatic N) is 11. The monoisotopic (exact) mass is 1030 g/mol. The zero-order chi connectivity index (χ0) is 53.7. The fraction of sp³-hybridized carbons (Fsp3) is 0.350. The van der Waals surface area contributed by atoms with Crippen LogP contribution in [0.15, 0.2) is 121 Å². The first-order valence-electron chi connectivity index (χ1n) is 26.7. The molecule has 0 unspecified atom stereocenters. The molecule has 2 saturated heterocycles. The van der Waals surface area contributed by atoms with E-state index in [0.29, 0.717) is 37.8 Å². The second-order valence-corrected chi connectivity index (χ2v) is 20.3. The van der Waals surface area contributed by atoms with Crippen molar-refractivity contribution in [1.82, 2.24) is 61.0 Å². The predicted octanol–water partition coefficient (Wildman–Crippen LogP) is 9.74. The molecule has 0 radical (unpaired) electrons. The van der Waals surface area contributed by atoms with E-state index in [2.05, 4.69) is 123 Å². The van der Waals surface area contributed by atoms with E-state index in [0.717, 1.165) is 131 Å². The molecule has 17 nitrogen and oxygen atoms in total. The third-order valence-electron chi connectivity index (χ3n) is 13.7. The molecule has 398 valence electrons. The second kappa shape index (κ2) is 25.0. The van der Waals surface area contributed by atoms with Crippen LogP contribution in [0, 0.1) is 13.8 Å². The number of methoxy groups -OCH3 is 1. The van der Waals surface area contributed by atoms with E-state index in [1.165, 1.54) is 16.7 Å². The molecular formula is C60H70N14O3. The Kier molecular flexibility index (Phi) is 17.4. The molecule has 1 amide bonds. The first-order chi connectivity index (χ1) is 37.4. The van der Waals surface area contributed by atoms with Crippen molar-refractivity contribution in [2.75, 3.05) is 69.3 Å². The van der Waals surface area contributed by atoms with Crippen molar-refractivity contribution >= 4 is 39.5 Å². The van der Waals surface area contributed by atoms with Crippen molar-refractivity contribution in [2.24, 2.45) is 0 Å². The number of aromatic nitrogens is 10. The van der Waals surface area contributed by atoms with Crippen molar-refractivity contribution in [3.05, 3.63) is 161 Å². The van der Waals surface area contributed by atoms with Gasteiger partial charge in [0.1, 0.15) is 22.7 Å². The maximum Gasteiger partial charge on any atom is 0.410 e. The van der Waals surface area contributed by atoms with Crippen molar-refractivity contribution in [2.45, 2.75) is 79.2 Å². The van der Waals surface area contributed by atoms with Crippen LogP contribution in [0.3, 0.4) is 0 Å². The highest BCUT2D eigenvalue weighted by Gasteiger charge is 2.28. The minimum absolute atomic E-state index is 0.276. The lowest BCUT2D eigenvalue weighted by atomic mass is 10.1. The molecule has 2 aliphatic heterocycles. The summed E-state index contributed by atoms with van der Waals surface area (Å²) in [4.78, 5) is 28.9. The highest BCUT2D eigenvalue weighted by molar-refractivity contribution is 5.86. The van der Waals surface area contributed by atoms with Crippen LogP contribution >= 0.6 is 0 Å². The number of ether oxygens (including phenoxy) is 2. The van der Waals surface area contributed by atoms with E-state index >= 15 is 0 Å². The summed E-state index contributed by atoms with van der Waals surface area (Å²) >= 11 is 0. The Morgan fingerprint density at radius 3 is 1.51 bits per heavy atom. The molecule has 0 aliphatic carbocycles. The summed E-state index contributed by atoms with van der Waals surface area (Å²) in [5.74, 6) is 3.96. The maximum absolute atomic E-state index is 12.6. The first-order valence-corrected chi connectivity index (χ1v) is 26.7. The number of fused-ring (bicyclic) bond motifs is 2. The van der Waals surface area contributed by atoms with Gasteiger partial charge in [0.05, 0.1) is 18.1 Å². The molecule has 77 heavy (non-hydrogen) atoms. The summed E-state index contributed by atoms with van der Waals surface area (Å²) in [6.45, 7) is 18.0. The van der Waals surface area contributed by atoms with Crippen LogP contribution < -0.4 is 19.9 Å². The van der Waals surface area contributed by atoms with Crippen LogP contribution in [0.4, 0.5) is 16.4 Å². The zero-order valence-corrected chi connectivity index (χ0v) is 45.4. The van der Waals surface area contributed by atoms with Gasteiger partial charge in [0.25, 0.3) is 0 Å². The molecule has 6 heterocycles. The molecule has 0 saturated carbocycles. The Morgan fingerprint density at radius 1 is 0.571 bits per heavy atom. The van der Waals surface area contributed by atoms with Crippen LogP contribution in [0.5, 0.6) is 5.75 Å². The molecular weight excluding hydrogens is 965 g/mol. The number of hydrogen-bond donors (Lipinski definition) is 3. The lowest BCUT2D eigenvalue weighted by Crippen LogP contribution is -2.50. The van der Waals surface area contributed by atoms with Gasteiger partial charge in [-0.25, -0.2) is 14.8 Å². The van der Waals surface area contributed by atoms with E-state index in [1.807, 2.05) is 95.3 Å². The molecule has 17 heteroatoms. The molecule has 3 N–H and O–H groups in total.